The van der Waals surface area contributed by atoms with Crippen molar-refractivity contribution in [2.45, 2.75) is 31.7 Å². The molecular weight excluding hydrogens is 180 g/mol. The predicted octanol–water partition coefficient (Wildman–Crippen LogP) is 0.535. The van der Waals surface area contributed by atoms with E-state index in [-0.39, 0.29) is 12.0 Å². The zero-order valence-corrected chi connectivity index (χ0v) is 9.05. The number of rotatable bonds is 4. The zero-order valence-electron chi connectivity index (χ0n) is 9.05. The molecule has 0 aromatic rings. The molecule has 0 radical (unpaired) electrons. The first-order valence-electron chi connectivity index (χ1n) is 5.23. The summed E-state index contributed by atoms with van der Waals surface area (Å²) in [7, 11) is 2.08. The molecule has 0 aliphatic carbocycles. The molecule has 14 heavy (non-hydrogen) atoms. The number of hydrogen-bond donors (Lipinski definition) is 2. The molecule has 0 amide bonds. The smallest absolute Gasteiger partial charge is 0.305 e. The van der Waals surface area contributed by atoms with Crippen molar-refractivity contribution in [3.8, 4) is 0 Å². The second kappa shape index (κ2) is 4.75. The fraction of sp³-hybridized carbons (Fsp3) is 0.900. The van der Waals surface area contributed by atoms with Gasteiger partial charge in [0.05, 0.1) is 6.42 Å². The van der Waals surface area contributed by atoms with E-state index in [4.69, 9.17) is 5.11 Å². The zero-order chi connectivity index (χ0) is 10.6. The Morgan fingerprint density at radius 1 is 1.50 bits per heavy atom. The molecule has 1 aliphatic rings. The van der Waals surface area contributed by atoms with Gasteiger partial charge in [0.2, 0.25) is 0 Å². The van der Waals surface area contributed by atoms with Crippen LogP contribution in [0.3, 0.4) is 0 Å². The Morgan fingerprint density at radius 3 is 2.50 bits per heavy atom. The van der Waals surface area contributed by atoms with Gasteiger partial charge in [-0.2, -0.15) is 0 Å². The van der Waals surface area contributed by atoms with Crippen molar-refractivity contribution in [3.63, 3.8) is 0 Å². The minimum atomic E-state index is -0.699. The van der Waals surface area contributed by atoms with Crippen molar-refractivity contribution in [1.82, 2.24) is 10.2 Å². The Balaban J connectivity index is 2.57. The number of carboxylic acids is 1. The van der Waals surface area contributed by atoms with Crippen LogP contribution in [0.15, 0.2) is 0 Å². The van der Waals surface area contributed by atoms with E-state index in [1.54, 1.807) is 0 Å². The maximum absolute atomic E-state index is 10.8. The van der Waals surface area contributed by atoms with Gasteiger partial charge < -0.3 is 15.3 Å². The quantitative estimate of drug-likeness (QED) is 0.695. The summed E-state index contributed by atoms with van der Waals surface area (Å²) < 4.78 is 0. The number of nitrogens with zero attached hydrogens (tertiary/aromatic N) is 1. The van der Waals surface area contributed by atoms with Crippen LogP contribution in [0.2, 0.25) is 0 Å². The number of likely N-dealkylation sites (tertiary alicyclic amines) is 1. The monoisotopic (exact) mass is 200 g/mol. The van der Waals surface area contributed by atoms with E-state index >= 15 is 0 Å². The molecule has 0 saturated carbocycles. The maximum Gasteiger partial charge on any atom is 0.305 e. The van der Waals surface area contributed by atoms with Crippen LogP contribution in [0.1, 0.15) is 26.2 Å². The molecule has 0 aromatic carbocycles. The van der Waals surface area contributed by atoms with Gasteiger partial charge in [0.25, 0.3) is 0 Å². The molecule has 82 valence electrons. The Bertz CT molecular complexity index is 198. The van der Waals surface area contributed by atoms with E-state index < -0.39 is 5.97 Å². The fourth-order valence-electron chi connectivity index (χ4n) is 2.13. The van der Waals surface area contributed by atoms with Crippen molar-refractivity contribution >= 4 is 5.97 Å². The second-order valence-corrected chi connectivity index (χ2v) is 4.18. The highest BCUT2D eigenvalue weighted by Gasteiger charge is 2.34. The van der Waals surface area contributed by atoms with Crippen LogP contribution in [0.25, 0.3) is 0 Å². The minimum Gasteiger partial charge on any atom is -0.481 e. The number of carboxylic acid groups (broad SMARTS) is 1. The van der Waals surface area contributed by atoms with E-state index in [0.29, 0.717) is 0 Å². The van der Waals surface area contributed by atoms with E-state index in [1.165, 1.54) is 0 Å². The van der Waals surface area contributed by atoms with Crippen LogP contribution in [0, 0.1) is 0 Å². The van der Waals surface area contributed by atoms with Gasteiger partial charge in [-0.25, -0.2) is 0 Å². The molecule has 1 rings (SSSR count). The van der Waals surface area contributed by atoms with Gasteiger partial charge in [-0.3, -0.25) is 4.79 Å². The van der Waals surface area contributed by atoms with Gasteiger partial charge in [0, 0.05) is 5.54 Å². The van der Waals surface area contributed by atoms with E-state index in [9.17, 15) is 4.79 Å². The topological polar surface area (TPSA) is 52.6 Å². The summed E-state index contributed by atoms with van der Waals surface area (Å²) in [6.45, 7) is 4.85. The van der Waals surface area contributed by atoms with Gasteiger partial charge in [-0.05, 0) is 39.5 Å². The summed E-state index contributed by atoms with van der Waals surface area (Å²) in [5, 5.41) is 12.2. The van der Waals surface area contributed by atoms with Crippen molar-refractivity contribution in [2.75, 3.05) is 26.7 Å². The summed E-state index contributed by atoms with van der Waals surface area (Å²) in [5.41, 5.74) is -0.160. The Kier molecular flexibility index (Phi) is 3.89. The average molecular weight is 200 g/mol. The van der Waals surface area contributed by atoms with Gasteiger partial charge in [-0.15, -0.1) is 0 Å². The molecule has 0 aromatic heterocycles. The molecule has 0 spiro atoms. The van der Waals surface area contributed by atoms with Gasteiger partial charge in [-0.1, -0.05) is 6.92 Å². The molecule has 0 bridgehead atoms. The lowest BCUT2D eigenvalue weighted by Crippen LogP contribution is -2.53. The standard InChI is InChI=1S/C10H20N2O2/c1-3-11-10(8-9(13)14)4-6-12(2)7-5-10/h11H,3-8H2,1-2H3,(H,13,14). The minimum absolute atomic E-state index is 0.160. The van der Waals surface area contributed by atoms with Crippen LogP contribution in [-0.4, -0.2) is 48.2 Å². The van der Waals surface area contributed by atoms with Gasteiger partial charge >= 0.3 is 5.97 Å². The van der Waals surface area contributed by atoms with Gasteiger partial charge in [0.1, 0.15) is 0 Å². The van der Waals surface area contributed by atoms with E-state index in [1.807, 2.05) is 6.92 Å². The molecule has 4 heteroatoms. The molecule has 1 saturated heterocycles. The summed E-state index contributed by atoms with van der Waals surface area (Å²) >= 11 is 0. The van der Waals surface area contributed by atoms with Crippen molar-refractivity contribution in [2.24, 2.45) is 0 Å². The van der Waals surface area contributed by atoms with Crippen LogP contribution in [0.4, 0.5) is 0 Å². The summed E-state index contributed by atoms with van der Waals surface area (Å²) in [5.74, 6) is -0.699. The maximum atomic E-state index is 10.8. The average Bonchev–Trinajstić information content (AvgIpc) is 2.10. The van der Waals surface area contributed by atoms with Crippen LogP contribution in [-0.2, 0) is 4.79 Å². The van der Waals surface area contributed by atoms with Crippen LogP contribution in [0.5, 0.6) is 0 Å². The molecule has 0 atom stereocenters. The molecule has 1 heterocycles. The van der Waals surface area contributed by atoms with Gasteiger partial charge in [0.15, 0.2) is 0 Å². The van der Waals surface area contributed by atoms with Crippen molar-refractivity contribution < 1.29 is 9.90 Å². The predicted molar refractivity (Wildman–Crippen MR) is 55.4 cm³/mol. The first kappa shape index (κ1) is 11.5. The SMILES string of the molecule is CCNC1(CC(=O)O)CCN(C)CC1. The molecule has 4 nitrogen and oxygen atoms in total. The number of nitrogens with one attached hydrogen (secondary N) is 1. The Labute approximate surface area is 85.3 Å². The van der Waals surface area contributed by atoms with Crippen molar-refractivity contribution in [1.29, 1.82) is 0 Å². The summed E-state index contributed by atoms with van der Waals surface area (Å²) in [6.07, 6.45) is 2.11. The lowest BCUT2D eigenvalue weighted by molar-refractivity contribution is -0.139. The molecule has 0 unspecified atom stereocenters. The lowest BCUT2D eigenvalue weighted by Gasteiger charge is -2.40. The third kappa shape index (κ3) is 2.96. The lowest BCUT2D eigenvalue weighted by atomic mass is 9.84. The van der Waals surface area contributed by atoms with Crippen molar-refractivity contribution in [3.05, 3.63) is 0 Å². The third-order valence-electron chi connectivity index (χ3n) is 2.99. The summed E-state index contributed by atoms with van der Waals surface area (Å²) in [6, 6.07) is 0. The summed E-state index contributed by atoms with van der Waals surface area (Å²) in [4.78, 5) is 13.0. The highest BCUT2D eigenvalue weighted by atomic mass is 16.4. The third-order valence-corrected chi connectivity index (χ3v) is 2.99. The highest BCUT2D eigenvalue weighted by molar-refractivity contribution is 5.68. The number of carbonyl (C=O) groups is 1. The number of hydrogen-bond acceptors (Lipinski definition) is 3. The van der Waals surface area contributed by atoms with Crippen LogP contribution < -0.4 is 5.32 Å². The Hall–Kier alpha value is -0.610. The van der Waals surface area contributed by atoms with Crippen LogP contribution >= 0.6 is 0 Å². The fourth-order valence-corrected chi connectivity index (χ4v) is 2.13. The Morgan fingerprint density at radius 2 is 2.07 bits per heavy atom. The largest absolute Gasteiger partial charge is 0.481 e. The number of aliphatic carboxylic acids is 1. The van der Waals surface area contributed by atoms with E-state index in [0.717, 1.165) is 32.5 Å². The first-order chi connectivity index (χ1) is 6.58. The normalized spacial score (nSPS) is 22.1. The molecule has 1 fully saturated rings. The molecular formula is C10H20N2O2. The highest BCUT2D eigenvalue weighted by Crippen LogP contribution is 2.24. The molecule has 2 N–H and O–H groups in total. The van der Waals surface area contributed by atoms with E-state index in [2.05, 4.69) is 17.3 Å². The first-order valence-corrected chi connectivity index (χ1v) is 5.23. The second-order valence-electron chi connectivity index (χ2n) is 4.18. The number of piperidine rings is 1. The molecule has 1 aliphatic heterocycles.